The predicted molar refractivity (Wildman–Crippen MR) is 122 cm³/mol. The molecule has 0 bridgehead atoms. The second-order valence-electron chi connectivity index (χ2n) is 8.91. The topological polar surface area (TPSA) is 84.5 Å². The zero-order valence-electron chi connectivity index (χ0n) is 19.4. The van der Waals surface area contributed by atoms with Crippen molar-refractivity contribution in [2.24, 2.45) is 0 Å². The smallest absolute Gasteiger partial charge is 0.326 e. The Bertz CT molecular complexity index is 949. The molecule has 0 aliphatic carbocycles. The third kappa shape index (κ3) is 6.67. The molecular formula is C25H32N2O4. The first kappa shape index (κ1) is 24.1. The summed E-state index contributed by atoms with van der Waals surface area (Å²) in [5, 5.41) is 5.35. The highest BCUT2D eigenvalue weighted by Gasteiger charge is 2.20. The van der Waals surface area contributed by atoms with Crippen LogP contribution >= 0.6 is 0 Å². The fraction of sp³-hybridized carbons (Fsp3) is 0.400. The number of aryl methyl sites for hydroxylation is 3. The molecule has 2 amide bonds. The summed E-state index contributed by atoms with van der Waals surface area (Å²) in [7, 11) is 0. The number of rotatable bonds is 6. The molecule has 31 heavy (non-hydrogen) atoms. The van der Waals surface area contributed by atoms with Crippen LogP contribution in [0.2, 0.25) is 0 Å². The Labute approximate surface area is 184 Å². The highest BCUT2D eigenvalue weighted by molar-refractivity contribution is 5.98. The van der Waals surface area contributed by atoms with Gasteiger partial charge in [-0.1, -0.05) is 50.6 Å². The molecule has 0 aliphatic heterocycles. The number of amides is 2. The molecule has 2 aromatic rings. The van der Waals surface area contributed by atoms with Crippen LogP contribution in [0.3, 0.4) is 0 Å². The molecule has 0 radical (unpaired) electrons. The van der Waals surface area contributed by atoms with E-state index in [4.69, 9.17) is 4.74 Å². The lowest BCUT2D eigenvalue weighted by Gasteiger charge is -2.19. The van der Waals surface area contributed by atoms with Gasteiger partial charge in [-0.15, -0.1) is 0 Å². The number of carbonyl (C=O) groups excluding carboxylic acids is 3. The fourth-order valence-corrected chi connectivity index (χ4v) is 3.27. The average Bonchev–Trinajstić information content (AvgIpc) is 2.68. The predicted octanol–water partition coefficient (Wildman–Crippen LogP) is 4.21. The van der Waals surface area contributed by atoms with E-state index in [1.807, 2.05) is 45.0 Å². The van der Waals surface area contributed by atoms with E-state index in [1.54, 1.807) is 12.1 Å². The molecule has 2 N–H and O–H groups in total. The van der Waals surface area contributed by atoms with Crippen molar-refractivity contribution < 1.29 is 19.1 Å². The van der Waals surface area contributed by atoms with E-state index in [2.05, 4.69) is 31.4 Å². The zero-order chi connectivity index (χ0) is 23.3. The van der Waals surface area contributed by atoms with Crippen LogP contribution < -0.4 is 10.6 Å². The molecule has 2 aromatic carbocycles. The second kappa shape index (κ2) is 9.77. The molecule has 0 fully saturated rings. The number of esters is 1. The maximum Gasteiger partial charge on any atom is 0.326 e. The van der Waals surface area contributed by atoms with E-state index in [0.29, 0.717) is 11.3 Å². The Kier molecular flexibility index (Phi) is 7.60. The quantitative estimate of drug-likeness (QED) is 0.681. The van der Waals surface area contributed by atoms with Crippen molar-refractivity contribution in [3.63, 3.8) is 0 Å². The Balaban J connectivity index is 1.88. The Morgan fingerprint density at radius 2 is 1.52 bits per heavy atom. The molecule has 0 aliphatic rings. The first-order valence-electron chi connectivity index (χ1n) is 10.4. The molecule has 1 atom stereocenters. The van der Waals surface area contributed by atoms with Gasteiger partial charge in [-0.05, 0) is 61.9 Å². The first-order chi connectivity index (χ1) is 14.4. The number of benzene rings is 2. The maximum atomic E-state index is 12.4. The van der Waals surface area contributed by atoms with Gasteiger partial charge in [-0.3, -0.25) is 14.4 Å². The van der Waals surface area contributed by atoms with Gasteiger partial charge in [0.05, 0.1) is 0 Å². The summed E-state index contributed by atoms with van der Waals surface area (Å²) < 4.78 is 5.17. The minimum absolute atomic E-state index is 0.00875. The van der Waals surface area contributed by atoms with Crippen LogP contribution in [0.15, 0.2) is 36.4 Å². The van der Waals surface area contributed by atoms with Gasteiger partial charge in [0, 0.05) is 11.3 Å². The number of hydrogen-bond acceptors (Lipinski definition) is 4. The molecule has 1 unspecified atom stereocenters. The van der Waals surface area contributed by atoms with Crippen molar-refractivity contribution in [3.05, 3.63) is 64.2 Å². The van der Waals surface area contributed by atoms with Gasteiger partial charge in [-0.2, -0.15) is 0 Å². The summed E-state index contributed by atoms with van der Waals surface area (Å²) in [5.74, 6) is -1.48. The van der Waals surface area contributed by atoms with Crippen LogP contribution in [0.5, 0.6) is 0 Å². The van der Waals surface area contributed by atoms with Crippen molar-refractivity contribution in [3.8, 4) is 0 Å². The number of nitrogens with one attached hydrogen (secondary N) is 2. The summed E-state index contributed by atoms with van der Waals surface area (Å²) in [6.07, 6.45) is -0.990. The van der Waals surface area contributed by atoms with Gasteiger partial charge < -0.3 is 15.4 Å². The van der Waals surface area contributed by atoms with Crippen LogP contribution in [-0.2, 0) is 19.7 Å². The average molecular weight is 425 g/mol. The monoisotopic (exact) mass is 424 g/mol. The van der Waals surface area contributed by atoms with Crippen LogP contribution in [-0.4, -0.2) is 30.4 Å². The zero-order valence-corrected chi connectivity index (χ0v) is 19.4. The van der Waals surface area contributed by atoms with Crippen LogP contribution in [0.25, 0.3) is 0 Å². The fourth-order valence-electron chi connectivity index (χ4n) is 3.27. The highest BCUT2D eigenvalue weighted by atomic mass is 16.5. The van der Waals surface area contributed by atoms with Crippen LogP contribution in [0.4, 0.5) is 5.69 Å². The summed E-state index contributed by atoms with van der Waals surface area (Å²) in [6.45, 7) is 13.3. The van der Waals surface area contributed by atoms with Crippen molar-refractivity contribution in [1.29, 1.82) is 0 Å². The Morgan fingerprint density at radius 1 is 0.968 bits per heavy atom. The highest BCUT2D eigenvalue weighted by Crippen LogP contribution is 2.23. The molecule has 6 nitrogen and oxygen atoms in total. The maximum absolute atomic E-state index is 12.4. The molecule has 6 heteroatoms. The van der Waals surface area contributed by atoms with Crippen molar-refractivity contribution in [2.75, 3.05) is 11.9 Å². The standard InChI is InChI=1S/C25H32N2O4/c1-15-12-16(2)22(17(3)13-15)27-23(29)18(4)31-21(28)14-26-24(30)19-8-10-20(11-9-19)25(5,6)7/h8-13,18H,14H2,1-7H3,(H,26,30)(H,27,29). The lowest BCUT2D eigenvalue weighted by atomic mass is 9.87. The van der Waals surface area contributed by atoms with Crippen molar-refractivity contribution in [2.45, 2.75) is 60.0 Å². The van der Waals surface area contributed by atoms with E-state index in [9.17, 15) is 14.4 Å². The summed E-state index contributed by atoms with van der Waals surface area (Å²) in [4.78, 5) is 36.8. The number of hydrogen-bond donors (Lipinski definition) is 2. The minimum atomic E-state index is -0.990. The molecule has 0 spiro atoms. The van der Waals surface area contributed by atoms with E-state index < -0.39 is 18.0 Å². The lowest BCUT2D eigenvalue weighted by Crippen LogP contribution is -2.36. The van der Waals surface area contributed by atoms with Crippen molar-refractivity contribution >= 4 is 23.5 Å². The lowest BCUT2D eigenvalue weighted by molar-refractivity contribution is -0.152. The largest absolute Gasteiger partial charge is 0.451 e. The van der Waals surface area contributed by atoms with E-state index in [1.165, 1.54) is 6.92 Å². The molecule has 166 valence electrons. The third-order valence-corrected chi connectivity index (χ3v) is 5.01. The summed E-state index contributed by atoms with van der Waals surface area (Å²) >= 11 is 0. The number of ether oxygens (including phenoxy) is 1. The SMILES string of the molecule is Cc1cc(C)c(NC(=O)C(C)OC(=O)CNC(=O)c2ccc(C(C)(C)C)cc2)c(C)c1. The number of carbonyl (C=O) groups is 3. The van der Waals surface area contributed by atoms with Crippen LogP contribution in [0, 0.1) is 20.8 Å². The minimum Gasteiger partial charge on any atom is -0.451 e. The Hall–Kier alpha value is -3.15. The normalized spacial score (nSPS) is 12.1. The van der Waals surface area contributed by atoms with Gasteiger partial charge in [0.1, 0.15) is 6.54 Å². The summed E-state index contributed by atoms with van der Waals surface area (Å²) in [6, 6.07) is 11.2. The molecule has 0 saturated carbocycles. The molecule has 0 heterocycles. The second-order valence-corrected chi connectivity index (χ2v) is 8.91. The van der Waals surface area contributed by atoms with Crippen LogP contribution in [0.1, 0.15) is 60.3 Å². The third-order valence-electron chi connectivity index (χ3n) is 5.01. The van der Waals surface area contributed by atoms with Gasteiger partial charge >= 0.3 is 5.97 Å². The van der Waals surface area contributed by atoms with E-state index >= 15 is 0 Å². The van der Waals surface area contributed by atoms with Gasteiger partial charge in [-0.25, -0.2) is 0 Å². The van der Waals surface area contributed by atoms with Gasteiger partial charge in [0.25, 0.3) is 11.8 Å². The summed E-state index contributed by atoms with van der Waals surface area (Å²) in [5.41, 5.74) is 5.26. The molecule has 2 rings (SSSR count). The van der Waals surface area contributed by atoms with Crippen molar-refractivity contribution in [1.82, 2.24) is 5.32 Å². The van der Waals surface area contributed by atoms with Gasteiger partial charge in [0.15, 0.2) is 6.10 Å². The molecule has 0 saturated heterocycles. The first-order valence-corrected chi connectivity index (χ1v) is 10.4. The molecule has 0 aromatic heterocycles. The molecular weight excluding hydrogens is 392 g/mol. The van der Waals surface area contributed by atoms with E-state index in [-0.39, 0.29) is 17.9 Å². The van der Waals surface area contributed by atoms with E-state index in [0.717, 1.165) is 22.3 Å². The van der Waals surface area contributed by atoms with Gasteiger partial charge in [0.2, 0.25) is 0 Å². The Morgan fingerprint density at radius 3 is 2.03 bits per heavy atom. The number of anilines is 1.